The maximum Gasteiger partial charge on any atom is 0.251 e. The number of nitrogens with zero attached hydrogens (tertiary/aromatic N) is 2. The standard InChI is InChI=1S/C18H21N3O2/c1-12(2)16(10-21-7-6-19-11-21)20-18(22)14-4-5-17-15(9-14)8-13(3)23-17/h4-9,11-12,16H,10H2,1-3H3,(H,20,22)/t16-/m0/s1. The molecule has 0 aliphatic carbocycles. The summed E-state index contributed by atoms with van der Waals surface area (Å²) >= 11 is 0. The minimum atomic E-state index is -0.0652. The molecule has 3 rings (SSSR count). The molecule has 5 heteroatoms. The predicted molar refractivity (Wildman–Crippen MR) is 89.3 cm³/mol. The maximum absolute atomic E-state index is 12.6. The molecule has 0 unspecified atom stereocenters. The summed E-state index contributed by atoms with van der Waals surface area (Å²) in [7, 11) is 0. The molecule has 0 bridgehead atoms. The Hall–Kier alpha value is -2.56. The molecule has 2 aromatic heterocycles. The lowest BCUT2D eigenvalue weighted by Crippen LogP contribution is -2.41. The quantitative estimate of drug-likeness (QED) is 0.785. The largest absolute Gasteiger partial charge is 0.461 e. The van der Waals surface area contributed by atoms with E-state index >= 15 is 0 Å². The molecule has 0 fully saturated rings. The van der Waals surface area contributed by atoms with E-state index in [0.29, 0.717) is 18.0 Å². The number of carbonyl (C=O) groups excluding carboxylic acids is 1. The topological polar surface area (TPSA) is 60.1 Å². The Labute approximate surface area is 135 Å². The van der Waals surface area contributed by atoms with Crippen LogP contribution in [0.15, 0.2) is 47.4 Å². The summed E-state index contributed by atoms with van der Waals surface area (Å²) in [6, 6.07) is 7.50. The summed E-state index contributed by atoms with van der Waals surface area (Å²) in [4.78, 5) is 16.6. The van der Waals surface area contributed by atoms with Crippen molar-refractivity contribution >= 4 is 16.9 Å². The lowest BCUT2D eigenvalue weighted by atomic mass is 10.0. The van der Waals surface area contributed by atoms with Crippen molar-refractivity contribution in [2.45, 2.75) is 33.4 Å². The molecule has 0 radical (unpaired) electrons. The number of aromatic nitrogens is 2. The van der Waals surface area contributed by atoms with E-state index in [2.05, 4.69) is 24.1 Å². The van der Waals surface area contributed by atoms with Crippen LogP contribution in [0, 0.1) is 12.8 Å². The molecule has 0 saturated heterocycles. The van der Waals surface area contributed by atoms with Crippen LogP contribution in [0.4, 0.5) is 0 Å². The minimum absolute atomic E-state index is 0.0403. The van der Waals surface area contributed by atoms with Crippen molar-refractivity contribution in [2.75, 3.05) is 0 Å². The van der Waals surface area contributed by atoms with Crippen LogP contribution in [0.25, 0.3) is 11.0 Å². The first-order chi connectivity index (χ1) is 11.0. The number of imidazole rings is 1. The zero-order valence-corrected chi connectivity index (χ0v) is 13.6. The van der Waals surface area contributed by atoms with Crippen LogP contribution in [0.5, 0.6) is 0 Å². The number of hydrogen-bond donors (Lipinski definition) is 1. The lowest BCUT2D eigenvalue weighted by molar-refractivity contribution is 0.0920. The van der Waals surface area contributed by atoms with Crippen LogP contribution in [-0.2, 0) is 6.54 Å². The third-order valence-corrected chi connectivity index (χ3v) is 3.99. The number of benzene rings is 1. The van der Waals surface area contributed by atoms with E-state index in [1.165, 1.54) is 0 Å². The first-order valence-electron chi connectivity index (χ1n) is 7.80. The predicted octanol–water partition coefficient (Wildman–Crippen LogP) is 3.39. The second-order valence-corrected chi connectivity index (χ2v) is 6.19. The maximum atomic E-state index is 12.6. The van der Waals surface area contributed by atoms with Crippen molar-refractivity contribution in [1.82, 2.24) is 14.9 Å². The van der Waals surface area contributed by atoms with Crippen LogP contribution in [0.3, 0.4) is 0 Å². The van der Waals surface area contributed by atoms with Gasteiger partial charge in [-0.05, 0) is 37.1 Å². The smallest absolute Gasteiger partial charge is 0.251 e. The molecule has 2 heterocycles. The highest BCUT2D eigenvalue weighted by atomic mass is 16.3. The van der Waals surface area contributed by atoms with Gasteiger partial charge in [0.1, 0.15) is 11.3 Å². The normalized spacial score (nSPS) is 12.7. The Kier molecular flexibility index (Phi) is 4.19. The third-order valence-electron chi connectivity index (χ3n) is 3.99. The zero-order valence-electron chi connectivity index (χ0n) is 13.6. The van der Waals surface area contributed by atoms with Gasteiger partial charge < -0.3 is 14.3 Å². The average Bonchev–Trinajstić information content (AvgIpc) is 3.13. The van der Waals surface area contributed by atoms with Crippen LogP contribution in [-0.4, -0.2) is 21.5 Å². The fourth-order valence-corrected chi connectivity index (χ4v) is 2.61. The monoisotopic (exact) mass is 311 g/mol. The third kappa shape index (κ3) is 3.44. The van der Waals surface area contributed by atoms with Gasteiger partial charge in [0.05, 0.1) is 6.33 Å². The van der Waals surface area contributed by atoms with E-state index in [9.17, 15) is 4.79 Å². The molecule has 0 spiro atoms. The number of hydrogen-bond acceptors (Lipinski definition) is 3. The van der Waals surface area contributed by atoms with E-state index in [1.807, 2.05) is 35.9 Å². The van der Waals surface area contributed by atoms with E-state index in [1.54, 1.807) is 18.6 Å². The van der Waals surface area contributed by atoms with Gasteiger partial charge in [-0.25, -0.2) is 4.98 Å². The fraction of sp³-hybridized carbons (Fsp3) is 0.333. The molecular formula is C18H21N3O2. The van der Waals surface area contributed by atoms with Gasteiger partial charge in [-0.15, -0.1) is 0 Å². The van der Waals surface area contributed by atoms with E-state index in [-0.39, 0.29) is 11.9 Å². The first kappa shape index (κ1) is 15.3. The molecule has 3 aromatic rings. The molecule has 1 N–H and O–H groups in total. The summed E-state index contributed by atoms with van der Waals surface area (Å²) < 4.78 is 7.53. The van der Waals surface area contributed by atoms with Gasteiger partial charge >= 0.3 is 0 Å². The minimum Gasteiger partial charge on any atom is -0.461 e. The van der Waals surface area contributed by atoms with Crippen LogP contribution < -0.4 is 5.32 Å². The average molecular weight is 311 g/mol. The molecule has 1 aromatic carbocycles. The SMILES string of the molecule is Cc1cc2cc(C(=O)N[C@@H](Cn3ccnc3)C(C)C)ccc2o1. The molecular weight excluding hydrogens is 290 g/mol. The van der Waals surface area contributed by atoms with Gasteiger partial charge in [-0.2, -0.15) is 0 Å². The Bertz CT molecular complexity index is 803. The van der Waals surface area contributed by atoms with Gasteiger partial charge in [0.25, 0.3) is 5.91 Å². The van der Waals surface area contributed by atoms with Crippen molar-refractivity contribution in [3.63, 3.8) is 0 Å². The highest BCUT2D eigenvalue weighted by Crippen LogP contribution is 2.20. The highest BCUT2D eigenvalue weighted by Gasteiger charge is 2.18. The second-order valence-electron chi connectivity index (χ2n) is 6.19. The Morgan fingerprint density at radius 1 is 1.35 bits per heavy atom. The molecule has 0 aliphatic heterocycles. The fourth-order valence-electron chi connectivity index (χ4n) is 2.61. The van der Waals surface area contributed by atoms with Crippen molar-refractivity contribution in [1.29, 1.82) is 0 Å². The van der Waals surface area contributed by atoms with Crippen LogP contribution >= 0.6 is 0 Å². The zero-order chi connectivity index (χ0) is 16.4. The summed E-state index contributed by atoms with van der Waals surface area (Å²) in [6.07, 6.45) is 5.41. The van der Waals surface area contributed by atoms with Gasteiger partial charge in [0.15, 0.2) is 0 Å². The molecule has 23 heavy (non-hydrogen) atoms. The Morgan fingerprint density at radius 3 is 2.87 bits per heavy atom. The first-order valence-corrected chi connectivity index (χ1v) is 7.80. The number of carbonyl (C=O) groups is 1. The van der Waals surface area contributed by atoms with Crippen LogP contribution in [0.2, 0.25) is 0 Å². The van der Waals surface area contributed by atoms with Crippen LogP contribution in [0.1, 0.15) is 30.0 Å². The molecule has 0 aliphatic rings. The molecule has 0 saturated carbocycles. The van der Waals surface area contributed by atoms with Crippen molar-refractivity contribution in [3.05, 3.63) is 54.3 Å². The van der Waals surface area contributed by atoms with Crippen molar-refractivity contribution in [2.24, 2.45) is 5.92 Å². The van der Waals surface area contributed by atoms with Crippen molar-refractivity contribution < 1.29 is 9.21 Å². The summed E-state index contributed by atoms with van der Waals surface area (Å²) in [6.45, 7) is 6.81. The number of aryl methyl sites for hydroxylation is 1. The number of nitrogens with one attached hydrogen (secondary N) is 1. The Balaban J connectivity index is 1.76. The summed E-state index contributed by atoms with van der Waals surface area (Å²) in [5.41, 5.74) is 1.45. The van der Waals surface area contributed by atoms with Gasteiger partial charge in [0, 0.05) is 35.9 Å². The number of fused-ring (bicyclic) bond motifs is 1. The number of amides is 1. The van der Waals surface area contributed by atoms with E-state index in [0.717, 1.165) is 16.7 Å². The molecule has 5 nitrogen and oxygen atoms in total. The van der Waals surface area contributed by atoms with Crippen molar-refractivity contribution in [3.8, 4) is 0 Å². The Morgan fingerprint density at radius 2 is 2.17 bits per heavy atom. The highest BCUT2D eigenvalue weighted by molar-refractivity contribution is 5.98. The summed E-state index contributed by atoms with van der Waals surface area (Å²) in [5.74, 6) is 1.10. The lowest BCUT2D eigenvalue weighted by Gasteiger charge is -2.23. The van der Waals surface area contributed by atoms with E-state index in [4.69, 9.17) is 4.42 Å². The van der Waals surface area contributed by atoms with Gasteiger partial charge in [0.2, 0.25) is 0 Å². The molecule has 1 amide bonds. The van der Waals surface area contributed by atoms with Gasteiger partial charge in [-0.3, -0.25) is 4.79 Å². The molecule has 1 atom stereocenters. The number of rotatable bonds is 5. The number of furan rings is 1. The van der Waals surface area contributed by atoms with E-state index < -0.39 is 0 Å². The second kappa shape index (κ2) is 6.28. The summed E-state index contributed by atoms with van der Waals surface area (Å²) in [5, 5.41) is 4.07. The molecule has 120 valence electrons. The van der Waals surface area contributed by atoms with Gasteiger partial charge in [-0.1, -0.05) is 13.8 Å².